The molecule has 16 heavy (non-hydrogen) atoms. The zero-order valence-corrected chi connectivity index (χ0v) is 10.7. The summed E-state index contributed by atoms with van der Waals surface area (Å²) in [5.41, 5.74) is 1.53. The van der Waals surface area contributed by atoms with Gasteiger partial charge in [-0.3, -0.25) is 0 Å². The molecule has 0 saturated carbocycles. The maximum Gasteiger partial charge on any atom is 0.115 e. The molecule has 2 rings (SSSR count). The molecule has 1 aromatic rings. The van der Waals surface area contributed by atoms with Gasteiger partial charge < -0.3 is 10.4 Å². The Hall–Kier alpha value is -0.830. The van der Waals surface area contributed by atoms with Gasteiger partial charge in [0.1, 0.15) is 5.75 Å². The van der Waals surface area contributed by atoms with Gasteiger partial charge in [0.25, 0.3) is 0 Å². The fourth-order valence-electron chi connectivity index (χ4n) is 2.15. The molecule has 1 aromatic carbocycles. The number of phenols is 1. The van der Waals surface area contributed by atoms with Crippen LogP contribution in [0.15, 0.2) is 24.3 Å². The van der Waals surface area contributed by atoms with E-state index in [1.807, 2.05) is 23.9 Å². The van der Waals surface area contributed by atoms with Crippen LogP contribution in [0.25, 0.3) is 0 Å². The van der Waals surface area contributed by atoms with Crippen LogP contribution in [0.2, 0.25) is 0 Å². The largest absolute Gasteiger partial charge is 0.508 e. The van der Waals surface area contributed by atoms with E-state index in [9.17, 15) is 5.11 Å². The maximum absolute atomic E-state index is 9.21. The summed E-state index contributed by atoms with van der Waals surface area (Å²) in [7, 11) is 0. The normalized spacial score (nSPS) is 24.0. The van der Waals surface area contributed by atoms with Gasteiger partial charge in [-0.25, -0.2) is 0 Å². The van der Waals surface area contributed by atoms with Crippen LogP contribution < -0.4 is 5.32 Å². The lowest BCUT2D eigenvalue weighted by atomic mass is 9.88. The molecule has 1 aliphatic heterocycles. The zero-order valence-electron chi connectivity index (χ0n) is 9.86. The number of aromatic hydroxyl groups is 1. The van der Waals surface area contributed by atoms with Gasteiger partial charge in [-0.2, -0.15) is 11.8 Å². The van der Waals surface area contributed by atoms with E-state index in [1.165, 1.54) is 17.9 Å². The Bertz CT molecular complexity index is 347. The van der Waals surface area contributed by atoms with E-state index in [1.54, 1.807) is 12.1 Å². The summed E-state index contributed by atoms with van der Waals surface area (Å²) in [6.07, 6.45) is 1.21. The summed E-state index contributed by atoms with van der Waals surface area (Å²) >= 11 is 2.02. The fourth-order valence-corrected chi connectivity index (χ4v) is 3.42. The second-order valence-corrected chi connectivity index (χ2v) is 6.30. The van der Waals surface area contributed by atoms with Crippen molar-refractivity contribution in [2.24, 2.45) is 5.41 Å². The van der Waals surface area contributed by atoms with Crippen LogP contribution >= 0.6 is 11.8 Å². The van der Waals surface area contributed by atoms with Crippen LogP contribution in [-0.4, -0.2) is 22.7 Å². The van der Waals surface area contributed by atoms with E-state index >= 15 is 0 Å². The third kappa shape index (κ3) is 3.08. The van der Waals surface area contributed by atoms with Crippen molar-refractivity contribution in [3.05, 3.63) is 24.3 Å². The third-order valence-corrected chi connectivity index (χ3v) is 4.47. The number of hydrogen-bond donors (Lipinski definition) is 2. The van der Waals surface area contributed by atoms with Gasteiger partial charge >= 0.3 is 0 Å². The van der Waals surface area contributed by atoms with Crippen molar-refractivity contribution >= 4 is 17.4 Å². The van der Waals surface area contributed by atoms with Crippen LogP contribution in [0.1, 0.15) is 20.3 Å². The lowest BCUT2D eigenvalue weighted by Crippen LogP contribution is -2.35. The van der Waals surface area contributed by atoms with E-state index < -0.39 is 0 Å². The molecule has 1 atom stereocenters. The molecule has 3 heteroatoms. The van der Waals surface area contributed by atoms with Crippen molar-refractivity contribution in [2.45, 2.75) is 26.3 Å². The first-order valence-corrected chi connectivity index (χ1v) is 6.84. The van der Waals surface area contributed by atoms with Crippen molar-refractivity contribution in [2.75, 3.05) is 16.8 Å². The Morgan fingerprint density at radius 1 is 1.31 bits per heavy atom. The van der Waals surface area contributed by atoms with Crippen molar-refractivity contribution in [3.8, 4) is 5.75 Å². The van der Waals surface area contributed by atoms with Gasteiger partial charge in [-0.1, -0.05) is 13.8 Å². The molecule has 0 spiro atoms. The van der Waals surface area contributed by atoms with Crippen LogP contribution in [0.3, 0.4) is 0 Å². The first-order valence-electron chi connectivity index (χ1n) is 5.68. The number of thioether (sulfide) groups is 1. The Labute approximate surface area is 101 Å². The van der Waals surface area contributed by atoms with Crippen LogP contribution in [0, 0.1) is 5.41 Å². The number of benzene rings is 1. The summed E-state index contributed by atoms with van der Waals surface area (Å²) < 4.78 is 0. The standard InChI is InChI=1S/C13H19NOS/c1-13(2)7-11(8-16-9-13)14-10-3-5-12(15)6-4-10/h3-6,11,14-15H,7-9H2,1-2H3. The molecule has 88 valence electrons. The van der Waals surface area contributed by atoms with E-state index in [-0.39, 0.29) is 0 Å². The van der Waals surface area contributed by atoms with Gasteiger partial charge in [0.15, 0.2) is 0 Å². The molecule has 2 N–H and O–H groups in total. The molecule has 2 nitrogen and oxygen atoms in total. The monoisotopic (exact) mass is 237 g/mol. The quantitative estimate of drug-likeness (QED) is 0.774. The highest BCUT2D eigenvalue weighted by Gasteiger charge is 2.28. The number of hydrogen-bond acceptors (Lipinski definition) is 3. The molecule has 0 radical (unpaired) electrons. The Kier molecular flexibility index (Phi) is 3.33. The van der Waals surface area contributed by atoms with Crippen molar-refractivity contribution in [1.29, 1.82) is 0 Å². The molecule has 1 heterocycles. The minimum absolute atomic E-state index is 0.323. The predicted octanol–water partition coefficient (Wildman–Crippen LogP) is 3.34. The van der Waals surface area contributed by atoms with Crippen LogP contribution in [0.5, 0.6) is 5.75 Å². The highest BCUT2D eigenvalue weighted by molar-refractivity contribution is 7.99. The highest BCUT2D eigenvalue weighted by Crippen LogP contribution is 2.34. The first kappa shape index (κ1) is 11.6. The summed E-state index contributed by atoms with van der Waals surface area (Å²) in [5, 5.41) is 12.7. The smallest absolute Gasteiger partial charge is 0.115 e. The fraction of sp³-hybridized carbons (Fsp3) is 0.538. The number of anilines is 1. The second kappa shape index (κ2) is 4.58. The lowest BCUT2D eigenvalue weighted by Gasteiger charge is -2.35. The molecule has 1 unspecified atom stereocenters. The maximum atomic E-state index is 9.21. The summed E-state index contributed by atoms with van der Waals surface area (Å²) in [6.45, 7) is 4.65. The van der Waals surface area contributed by atoms with Crippen molar-refractivity contribution in [3.63, 3.8) is 0 Å². The first-order chi connectivity index (χ1) is 7.55. The van der Waals surface area contributed by atoms with Crippen LogP contribution in [0.4, 0.5) is 5.69 Å². The Balaban J connectivity index is 1.97. The minimum atomic E-state index is 0.323. The van der Waals surface area contributed by atoms with Crippen LogP contribution in [-0.2, 0) is 0 Å². The van der Waals surface area contributed by atoms with Gasteiger partial charge in [0, 0.05) is 17.5 Å². The SMILES string of the molecule is CC1(C)CSCC(Nc2ccc(O)cc2)C1. The molecule has 0 bridgehead atoms. The van der Waals surface area contributed by atoms with Crippen molar-refractivity contribution in [1.82, 2.24) is 0 Å². The van der Waals surface area contributed by atoms with Gasteiger partial charge in [0.05, 0.1) is 0 Å². The number of rotatable bonds is 2. The molecule has 0 amide bonds. The molecule has 0 aliphatic carbocycles. The molecule has 1 saturated heterocycles. The number of phenolic OH excluding ortho intramolecular Hbond substituents is 1. The van der Waals surface area contributed by atoms with E-state index in [0.29, 0.717) is 17.2 Å². The summed E-state index contributed by atoms with van der Waals surface area (Å²) in [4.78, 5) is 0. The summed E-state index contributed by atoms with van der Waals surface area (Å²) in [5.74, 6) is 2.74. The Morgan fingerprint density at radius 2 is 2.00 bits per heavy atom. The molecule has 0 aromatic heterocycles. The minimum Gasteiger partial charge on any atom is -0.508 e. The average molecular weight is 237 g/mol. The van der Waals surface area contributed by atoms with Gasteiger partial charge in [0.2, 0.25) is 0 Å². The van der Waals surface area contributed by atoms with Gasteiger partial charge in [-0.05, 0) is 41.9 Å². The zero-order chi connectivity index (χ0) is 11.6. The molecular weight excluding hydrogens is 218 g/mol. The molecule has 1 aliphatic rings. The highest BCUT2D eigenvalue weighted by atomic mass is 32.2. The van der Waals surface area contributed by atoms with E-state index in [2.05, 4.69) is 19.2 Å². The third-order valence-electron chi connectivity index (χ3n) is 2.85. The van der Waals surface area contributed by atoms with Gasteiger partial charge in [-0.15, -0.1) is 0 Å². The molecule has 1 fully saturated rings. The van der Waals surface area contributed by atoms with E-state index in [4.69, 9.17) is 0 Å². The second-order valence-electron chi connectivity index (χ2n) is 5.27. The Morgan fingerprint density at radius 3 is 2.62 bits per heavy atom. The predicted molar refractivity (Wildman–Crippen MR) is 71.2 cm³/mol. The molecular formula is C13H19NOS. The van der Waals surface area contributed by atoms with Crippen molar-refractivity contribution < 1.29 is 5.11 Å². The number of nitrogens with one attached hydrogen (secondary N) is 1. The summed E-state index contributed by atoms with van der Waals surface area (Å²) in [6, 6.07) is 7.86. The van der Waals surface area contributed by atoms with E-state index in [0.717, 1.165) is 5.69 Å². The average Bonchev–Trinajstić information content (AvgIpc) is 2.20. The topological polar surface area (TPSA) is 32.3 Å². The lowest BCUT2D eigenvalue weighted by molar-refractivity contribution is 0.358.